The minimum Gasteiger partial charge on any atom is -0.493 e. The van der Waals surface area contributed by atoms with Crippen molar-refractivity contribution in [2.24, 2.45) is 0 Å². The van der Waals surface area contributed by atoms with Gasteiger partial charge in [-0.3, -0.25) is 14.9 Å². The number of ether oxygens (including phenoxy) is 2. The maximum Gasteiger partial charge on any atom is 0.335 e. The van der Waals surface area contributed by atoms with Crippen molar-refractivity contribution in [3.05, 3.63) is 94.0 Å². The fourth-order valence-corrected chi connectivity index (χ4v) is 3.63. The van der Waals surface area contributed by atoms with Crippen LogP contribution in [0.25, 0.3) is 6.08 Å². The van der Waals surface area contributed by atoms with Crippen molar-refractivity contribution >= 4 is 41.2 Å². The van der Waals surface area contributed by atoms with Gasteiger partial charge in [-0.05, 0) is 60.5 Å². The van der Waals surface area contributed by atoms with Crippen LogP contribution in [-0.2, 0) is 16.2 Å². The molecule has 34 heavy (non-hydrogen) atoms. The number of carbonyl (C=O) groups is 3. The Morgan fingerprint density at radius 2 is 1.74 bits per heavy atom. The Hall–Kier alpha value is -4.10. The van der Waals surface area contributed by atoms with Crippen LogP contribution in [0.2, 0.25) is 5.02 Å². The monoisotopic (exact) mass is 476 g/mol. The third-order valence-electron chi connectivity index (χ3n) is 5.16. The van der Waals surface area contributed by atoms with Crippen molar-refractivity contribution in [3.63, 3.8) is 0 Å². The molecule has 172 valence electrons. The summed E-state index contributed by atoms with van der Waals surface area (Å²) >= 11 is 5.90. The van der Waals surface area contributed by atoms with Crippen LogP contribution in [0.1, 0.15) is 16.7 Å². The van der Waals surface area contributed by atoms with Gasteiger partial charge in [-0.1, -0.05) is 47.5 Å². The molecule has 0 saturated carbocycles. The van der Waals surface area contributed by atoms with E-state index in [0.29, 0.717) is 34.4 Å². The average molecular weight is 477 g/mol. The lowest BCUT2D eigenvalue weighted by atomic mass is 10.1. The highest BCUT2D eigenvalue weighted by Crippen LogP contribution is 2.30. The van der Waals surface area contributed by atoms with E-state index < -0.39 is 17.8 Å². The predicted octanol–water partition coefficient (Wildman–Crippen LogP) is 4.90. The molecule has 4 amide bonds. The Balaban J connectivity index is 1.59. The smallest absolute Gasteiger partial charge is 0.335 e. The van der Waals surface area contributed by atoms with Crippen molar-refractivity contribution in [3.8, 4) is 11.5 Å². The lowest BCUT2D eigenvalue weighted by Gasteiger charge is -2.26. The summed E-state index contributed by atoms with van der Waals surface area (Å²) in [5, 5.41) is 2.65. The molecule has 3 aromatic carbocycles. The first-order chi connectivity index (χ1) is 16.4. The molecule has 1 aliphatic rings. The van der Waals surface area contributed by atoms with Crippen LogP contribution in [-0.4, -0.2) is 25.0 Å². The number of methoxy groups -OCH3 is 1. The van der Waals surface area contributed by atoms with E-state index in [9.17, 15) is 14.4 Å². The minimum atomic E-state index is -0.827. The number of imide groups is 2. The van der Waals surface area contributed by atoms with Crippen molar-refractivity contribution in [2.45, 2.75) is 13.5 Å². The number of barbiturate groups is 1. The first kappa shape index (κ1) is 23.1. The second-order valence-electron chi connectivity index (χ2n) is 7.62. The molecule has 0 atom stereocenters. The van der Waals surface area contributed by atoms with Gasteiger partial charge in [-0.25, -0.2) is 9.69 Å². The van der Waals surface area contributed by atoms with E-state index in [1.54, 1.807) is 30.3 Å². The molecule has 0 bridgehead atoms. The Kier molecular flexibility index (Phi) is 6.65. The van der Waals surface area contributed by atoms with Crippen molar-refractivity contribution < 1.29 is 23.9 Å². The number of amides is 4. The van der Waals surface area contributed by atoms with Gasteiger partial charge in [0.05, 0.1) is 12.8 Å². The molecule has 1 saturated heterocycles. The number of aryl methyl sites for hydroxylation is 1. The van der Waals surface area contributed by atoms with E-state index in [4.69, 9.17) is 21.1 Å². The Morgan fingerprint density at radius 1 is 0.971 bits per heavy atom. The molecule has 0 radical (unpaired) electrons. The molecule has 1 N–H and O–H groups in total. The van der Waals surface area contributed by atoms with Crippen LogP contribution in [0, 0.1) is 6.92 Å². The summed E-state index contributed by atoms with van der Waals surface area (Å²) in [5.41, 5.74) is 2.79. The van der Waals surface area contributed by atoms with Crippen molar-refractivity contribution in [1.82, 2.24) is 5.32 Å². The molecular formula is C26H21ClN2O5. The highest BCUT2D eigenvalue weighted by molar-refractivity contribution is 6.39. The molecule has 0 aliphatic carbocycles. The Labute approximate surface area is 201 Å². The van der Waals surface area contributed by atoms with Crippen LogP contribution < -0.4 is 19.7 Å². The molecule has 1 aliphatic heterocycles. The van der Waals surface area contributed by atoms with Crippen LogP contribution in [0.4, 0.5) is 10.5 Å². The van der Waals surface area contributed by atoms with Crippen LogP contribution in [0.3, 0.4) is 0 Å². The van der Waals surface area contributed by atoms with Gasteiger partial charge in [-0.2, -0.15) is 0 Å². The van der Waals surface area contributed by atoms with Crippen molar-refractivity contribution in [1.29, 1.82) is 0 Å². The molecule has 4 rings (SSSR count). The maximum atomic E-state index is 13.0. The van der Waals surface area contributed by atoms with E-state index in [1.807, 2.05) is 31.2 Å². The van der Waals surface area contributed by atoms with Gasteiger partial charge < -0.3 is 9.47 Å². The summed E-state index contributed by atoms with van der Waals surface area (Å²) < 4.78 is 11.3. The standard InChI is InChI=1S/C26H21ClN2O5/c1-16-4-3-5-18(12-16)15-34-22-11-6-17(14-23(22)33-2)13-21-24(30)28-26(32)29(25(21)31)20-9-7-19(27)8-10-20/h3-14H,15H2,1-2H3,(H,28,30,32)/b21-13+. The number of halogens is 1. The highest BCUT2D eigenvalue weighted by atomic mass is 35.5. The number of rotatable bonds is 6. The van der Waals surface area contributed by atoms with Crippen LogP contribution >= 0.6 is 11.6 Å². The largest absolute Gasteiger partial charge is 0.493 e. The van der Waals surface area contributed by atoms with E-state index >= 15 is 0 Å². The van der Waals surface area contributed by atoms with Gasteiger partial charge in [0, 0.05) is 5.02 Å². The van der Waals surface area contributed by atoms with Crippen LogP contribution in [0.15, 0.2) is 72.3 Å². The topological polar surface area (TPSA) is 84.9 Å². The molecular weight excluding hydrogens is 456 g/mol. The molecule has 1 fully saturated rings. The van der Waals surface area contributed by atoms with Gasteiger partial charge in [0.2, 0.25) is 0 Å². The molecule has 0 aromatic heterocycles. The minimum absolute atomic E-state index is 0.190. The summed E-state index contributed by atoms with van der Waals surface area (Å²) in [6.45, 7) is 2.37. The van der Waals surface area contributed by atoms with Gasteiger partial charge in [0.25, 0.3) is 11.8 Å². The summed E-state index contributed by atoms with van der Waals surface area (Å²) in [6, 6.07) is 18.4. The molecule has 0 unspecified atom stereocenters. The zero-order valence-corrected chi connectivity index (χ0v) is 19.3. The fraction of sp³-hybridized carbons (Fsp3) is 0.115. The number of nitrogens with zero attached hydrogens (tertiary/aromatic N) is 1. The predicted molar refractivity (Wildman–Crippen MR) is 129 cm³/mol. The number of benzene rings is 3. The maximum absolute atomic E-state index is 13.0. The first-order valence-corrected chi connectivity index (χ1v) is 10.8. The summed E-state index contributed by atoms with van der Waals surface area (Å²) in [4.78, 5) is 38.7. The van der Waals surface area contributed by atoms with Gasteiger partial charge in [0.15, 0.2) is 11.5 Å². The second-order valence-corrected chi connectivity index (χ2v) is 8.06. The first-order valence-electron chi connectivity index (χ1n) is 10.4. The molecule has 0 spiro atoms. The molecule has 7 nitrogen and oxygen atoms in total. The van der Waals surface area contributed by atoms with Gasteiger partial charge in [-0.15, -0.1) is 0 Å². The third kappa shape index (κ3) is 4.94. The lowest BCUT2D eigenvalue weighted by Crippen LogP contribution is -2.54. The number of carbonyl (C=O) groups excluding carboxylic acids is 3. The quantitative estimate of drug-likeness (QED) is 0.404. The zero-order valence-electron chi connectivity index (χ0n) is 18.5. The Morgan fingerprint density at radius 3 is 2.44 bits per heavy atom. The summed E-state index contributed by atoms with van der Waals surface area (Å²) in [7, 11) is 1.51. The summed E-state index contributed by atoms with van der Waals surface area (Å²) in [6.07, 6.45) is 1.40. The van der Waals surface area contributed by atoms with Crippen molar-refractivity contribution in [2.75, 3.05) is 12.0 Å². The van der Waals surface area contributed by atoms with Crippen LogP contribution in [0.5, 0.6) is 11.5 Å². The van der Waals surface area contributed by atoms with E-state index in [-0.39, 0.29) is 5.57 Å². The number of hydrogen-bond acceptors (Lipinski definition) is 5. The highest BCUT2D eigenvalue weighted by Gasteiger charge is 2.36. The molecule has 1 heterocycles. The molecule has 8 heteroatoms. The normalized spacial score (nSPS) is 14.9. The van der Waals surface area contributed by atoms with E-state index in [0.717, 1.165) is 16.0 Å². The third-order valence-corrected chi connectivity index (χ3v) is 5.41. The summed E-state index contributed by atoms with van der Waals surface area (Å²) in [5.74, 6) is -0.561. The number of nitrogens with one attached hydrogen (secondary N) is 1. The SMILES string of the molecule is COc1cc(/C=C2\C(=O)NC(=O)N(c3ccc(Cl)cc3)C2=O)ccc1OCc1cccc(C)c1. The zero-order chi connectivity index (χ0) is 24.2. The Bertz CT molecular complexity index is 1300. The van der Waals surface area contributed by atoms with Gasteiger partial charge in [0.1, 0.15) is 12.2 Å². The lowest BCUT2D eigenvalue weighted by molar-refractivity contribution is -0.122. The van der Waals surface area contributed by atoms with Gasteiger partial charge >= 0.3 is 6.03 Å². The van der Waals surface area contributed by atoms with E-state index in [1.165, 1.54) is 25.3 Å². The number of urea groups is 1. The average Bonchev–Trinajstić information content (AvgIpc) is 2.82. The number of hydrogen-bond donors (Lipinski definition) is 1. The number of anilines is 1. The molecule has 3 aromatic rings. The fourth-order valence-electron chi connectivity index (χ4n) is 3.50. The van der Waals surface area contributed by atoms with E-state index in [2.05, 4.69) is 5.32 Å². The second kappa shape index (κ2) is 9.80.